The molecule has 0 radical (unpaired) electrons. The molecule has 0 spiro atoms. The molecule has 252 valence electrons. The number of thiophene rings is 1. The van der Waals surface area contributed by atoms with Gasteiger partial charge in [-0.3, -0.25) is 9.88 Å². The third-order valence-corrected chi connectivity index (χ3v) is 16.8. The van der Waals surface area contributed by atoms with Gasteiger partial charge in [-0.2, -0.15) is 0 Å². The van der Waals surface area contributed by atoms with Crippen LogP contribution in [0.3, 0.4) is 0 Å². The summed E-state index contributed by atoms with van der Waals surface area (Å²) in [6.45, 7) is 0. The van der Waals surface area contributed by atoms with Crippen LogP contribution < -0.4 is 25.6 Å². The zero-order valence-electron chi connectivity index (χ0n) is 28.6. The second-order valence-corrected chi connectivity index (χ2v) is 18.1. The summed E-state index contributed by atoms with van der Waals surface area (Å²) in [7, 11) is -3.06. The Morgan fingerprint density at radius 3 is 2.00 bits per heavy atom. The number of para-hydroxylation sites is 1. The summed E-state index contributed by atoms with van der Waals surface area (Å²) in [5.74, 6) is 0.795. The van der Waals surface area contributed by atoms with Crippen molar-refractivity contribution in [3.8, 4) is 11.3 Å². The van der Waals surface area contributed by atoms with Crippen LogP contribution in [0.15, 0.2) is 188 Å². The van der Waals surface area contributed by atoms with Crippen LogP contribution in [-0.4, -0.2) is 18.0 Å². The molecular formula is C47H32FN3SSi. The van der Waals surface area contributed by atoms with E-state index in [0.717, 1.165) is 48.6 Å². The van der Waals surface area contributed by atoms with Gasteiger partial charge in [0.2, 0.25) is 0 Å². The second-order valence-electron chi connectivity index (χ2n) is 13.4. The predicted octanol–water partition coefficient (Wildman–Crippen LogP) is 9.73. The highest BCUT2D eigenvalue weighted by atomic mass is 32.1. The highest BCUT2D eigenvalue weighted by molar-refractivity contribution is 7.31. The molecule has 1 aliphatic rings. The Morgan fingerprint density at radius 1 is 0.585 bits per heavy atom. The molecule has 1 aliphatic heterocycles. The van der Waals surface area contributed by atoms with Gasteiger partial charge in [-0.05, 0) is 74.8 Å². The number of nitrogens with zero attached hydrogens (tertiary/aromatic N) is 3. The number of fused-ring (bicyclic) bond motifs is 6. The molecular weight excluding hydrogens is 686 g/mol. The van der Waals surface area contributed by atoms with E-state index in [1.54, 1.807) is 17.5 Å². The number of alkyl halides is 1. The van der Waals surface area contributed by atoms with Crippen molar-refractivity contribution in [2.45, 2.75) is 6.17 Å². The summed E-state index contributed by atoms with van der Waals surface area (Å²) in [4.78, 5) is 11.8. The van der Waals surface area contributed by atoms with Gasteiger partial charge in [-0.15, -0.1) is 11.3 Å². The average molecular weight is 718 g/mol. The molecule has 3 aromatic heterocycles. The normalized spacial score (nSPS) is 13.8. The molecule has 0 bridgehead atoms. The van der Waals surface area contributed by atoms with Crippen LogP contribution >= 0.6 is 11.3 Å². The lowest BCUT2D eigenvalue weighted by molar-refractivity contribution is 0.405. The number of benzene rings is 6. The summed E-state index contributed by atoms with van der Waals surface area (Å²) < 4.78 is 20.2. The Morgan fingerprint density at radius 2 is 1.26 bits per heavy atom. The molecule has 0 fully saturated rings. The van der Waals surface area contributed by atoms with Crippen LogP contribution in [0.2, 0.25) is 0 Å². The van der Waals surface area contributed by atoms with E-state index < -0.39 is 14.2 Å². The van der Waals surface area contributed by atoms with Gasteiger partial charge < -0.3 is 0 Å². The van der Waals surface area contributed by atoms with Gasteiger partial charge in [0.1, 0.15) is 5.82 Å². The predicted molar refractivity (Wildman–Crippen MR) is 222 cm³/mol. The van der Waals surface area contributed by atoms with E-state index in [4.69, 9.17) is 4.98 Å². The molecule has 0 aliphatic carbocycles. The molecule has 1 unspecified atom stereocenters. The fraction of sp³-hybridized carbons (Fsp3) is 0.0213. The molecule has 4 heterocycles. The van der Waals surface area contributed by atoms with Crippen LogP contribution in [-0.2, 0) is 0 Å². The van der Waals surface area contributed by atoms with Crippen LogP contribution in [0.4, 0.5) is 21.6 Å². The average Bonchev–Trinajstić information content (AvgIpc) is 3.63. The van der Waals surface area contributed by atoms with Crippen LogP contribution in [0.5, 0.6) is 0 Å². The Kier molecular flexibility index (Phi) is 7.60. The van der Waals surface area contributed by atoms with Gasteiger partial charge in [0.25, 0.3) is 0 Å². The maximum absolute atomic E-state index is 17.9. The first-order chi connectivity index (χ1) is 26.2. The lowest BCUT2D eigenvalue weighted by Gasteiger charge is -2.45. The Bertz CT molecular complexity index is 2720. The third-order valence-electron chi connectivity index (χ3n) is 10.5. The smallest absolute Gasteiger partial charge is 0.185 e. The molecule has 10 rings (SSSR count). The minimum absolute atomic E-state index is 0.597. The lowest BCUT2D eigenvalue weighted by atomic mass is 9.95. The minimum atomic E-state index is -3.06. The van der Waals surface area contributed by atoms with Crippen molar-refractivity contribution >= 4 is 77.5 Å². The van der Waals surface area contributed by atoms with Gasteiger partial charge in [0.05, 0.1) is 5.69 Å². The highest BCUT2D eigenvalue weighted by Crippen LogP contribution is 2.47. The van der Waals surface area contributed by atoms with Gasteiger partial charge >= 0.3 is 0 Å². The number of halogens is 1. The summed E-state index contributed by atoms with van der Waals surface area (Å²) in [6, 6.07) is 61.1. The fourth-order valence-corrected chi connectivity index (χ4v) is 15.3. The van der Waals surface area contributed by atoms with Crippen molar-refractivity contribution < 1.29 is 4.39 Å². The number of aromatic nitrogens is 2. The van der Waals surface area contributed by atoms with Crippen LogP contribution in [0.1, 0.15) is 17.3 Å². The highest BCUT2D eigenvalue weighted by Gasteiger charge is 2.51. The summed E-state index contributed by atoms with van der Waals surface area (Å²) in [6.07, 6.45) is 2.21. The quantitative estimate of drug-likeness (QED) is 0.161. The SMILES string of the molecule is FC(c1cccc(-c2ccccn2)c1)c1cc2c(c3sc4ccccc4c13)[Si](c1ccccc1)(c1ccccc1)c1ccccc1N2c1ccccn1. The molecule has 0 saturated carbocycles. The van der Waals surface area contributed by atoms with E-state index in [0.29, 0.717) is 11.1 Å². The molecule has 0 amide bonds. The van der Waals surface area contributed by atoms with Crippen molar-refractivity contribution in [3.63, 3.8) is 0 Å². The van der Waals surface area contributed by atoms with Gasteiger partial charge in [-0.1, -0.05) is 127 Å². The summed E-state index contributed by atoms with van der Waals surface area (Å²) in [5, 5.41) is 7.15. The van der Waals surface area contributed by atoms with E-state index in [-0.39, 0.29) is 0 Å². The first kappa shape index (κ1) is 31.5. The zero-order chi connectivity index (χ0) is 35.4. The molecule has 53 heavy (non-hydrogen) atoms. The van der Waals surface area contributed by atoms with E-state index >= 15 is 4.39 Å². The molecule has 0 saturated heterocycles. The third kappa shape index (κ3) is 4.90. The molecule has 6 aromatic carbocycles. The standard InChI is InChI=1S/C47H32FN3SSi/c48-45(33-17-15-16-32(30-33)38-23-11-13-28-49-38)37-31-40-47(46-44(37)36-22-7-9-25-41(36)52-46)53(34-18-3-1-4-19-34,35-20-5-2-6-21-35)42-26-10-8-24-39(42)51(40)43-27-12-14-29-50-43/h1-31,45H. The van der Waals surface area contributed by atoms with Crippen molar-refractivity contribution in [3.05, 3.63) is 199 Å². The zero-order valence-corrected chi connectivity index (χ0v) is 30.4. The first-order valence-corrected chi connectivity index (χ1v) is 20.6. The van der Waals surface area contributed by atoms with Crippen molar-refractivity contribution in [2.24, 2.45) is 0 Å². The molecule has 0 N–H and O–H groups in total. The number of hydrogen-bond acceptors (Lipinski definition) is 4. The number of rotatable bonds is 6. The first-order valence-electron chi connectivity index (χ1n) is 17.8. The fourth-order valence-electron chi connectivity index (χ4n) is 8.35. The Labute approximate surface area is 312 Å². The molecule has 6 heteroatoms. The van der Waals surface area contributed by atoms with E-state index in [2.05, 4.69) is 131 Å². The number of anilines is 3. The van der Waals surface area contributed by atoms with Gasteiger partial charge in [0, 0.05) is 55.1 Å². The monoisotopic (exact) mass is 717 g/mol. The van der Waals surface area contributed by atoms with Gasteiger partial charge in [0.15, 0.2) is 14.2 Å². The Hall–Kier alpha value is -6.21. The number of hydrogen-bond donors (Lipinski definition) is 0. The van der Waals surface area contributed by atoms with Crippen molar-refractivity contribution in [2.75, 3.05) is 4.90 Å². The second kappa shape index (κ2) is 12.8. The molecule has 3 nitrogen and oxygen atoms in total. The van der Waals surface area contributed by atoms with Crippen molar-refractivity contribution in [1.82, 2.24) is 9.97 Å². The summed E-state index contributed by atoms with van der Waals surface area (Å²) >= 11 is 1.78. The summed E-state index contributed by atoms with van der Waals surface area (Å²) in [5.41, 5.74) is 4.99. The largest absolute Gasteiger partial charge is 0.295 e. The topological polar surface area (TPSA) is 29.0 Å². The van der Waals surface area contributed by atoms with E-state index in [1.807, 2.05) is 60.8 Å². The van der Waals surface area contributed by atoms with Crippen LogP contribution in [0.25, 0.3) is 31.4 Å². The molecule has 9 aromatic rings. The maximum atomic E-state index is 17.9. The van der Waals surface area contributed by atoms with Crippen LogP contribution in [0, 0.1) is 0 Å². The van der Waals surface area contributed by atoms with E-state index in [9.17, 15) is 0 Å². The van der Waals surface area contributed by atoms with Crippen molar-refractivity contribution in [1.29, 1.82) is 0 Å². The lowest BCUT2D eigenvalue weighted by Crippen LogP contribution is -2.77. The molecule has 1 atom stereocenters. The Balaban J connectivity index is 1.37. The minimum Gasteiger partial charge on any atom is -0.295 e. The number of pyridine rings is 2. The van der Waals surface area contributed by atoms with E-state index in [1.165, 1.54) is 20.7 Å². The van der Waals surface area contributed by atoms with Gasteiger partial charge in [-0.25, -0.2) is 9.37 Å². The maximum Gasteiger partial charge on any atom is 0.185 e.